The van der Waals surface area contributed by atoms with Crippen molar-refractivity contribution in [1.82, 2.24) is 9.88 Å². The number of nitrogens with zero attached hydrogens (tertiary/aromatic N) is 1. The molecule has 1 N–H and O–H groups in total. The summed E-state index contributed by atoms with van der Waals surface area (Å²) in [7, 11) is 2.07. The highest BCUT2D eigenvalue weighted by molar-refractivity contribution is 9.11. The average molecular weight is 285 g/mol. The van der Waals surface area contributed by atoms with Crippen molar-refractivity contribution in [3.05, 3.63) is 44.8 Å². The van der Waals surface area contributed by atoms with Crippen molar-refractivity contribution in [2.45, 2.75) is 13.1 Å². The van der Waals surface area contributed by atoms with E-state index in [9.17, 15) is 0 Å². The highest BCUT2D eigenvalue weighted by Gasteiger charge is 1.99. The third-order valence-corrected chi connectivity index (χ3v) is 3.91. The van der Waals surface area contributed by atoms with Gasteiger partial charge in [-0.1, -0.05) is 0 Å². The Labute approximate surface area is 102 Å². The number of thiophene rings is 1. The van der Waals surface area contributed by atoms with Gasteiger partial charge in [-0.15, -0.1) is 11.3 Å². The van der Waals surface area contributed by atoms with Gasteiger partial charge in [-0.25, -0.2) is 0 Å². The smallest absolute Gasteiger partial charge is 0.0701 e. The van der Waals surface area contributed by atoms with Gasteiger partial charge in [0.1, 0.15) is 0 Å². The van der Waals surface area contributed by atoms with E-state index in [0.29, 0.717) is 0 Å². The third-order valence-electron chi connectivity index (χ3n) is 2.29. The summed E-state index contributed by atoms with van der Waals surface area (Å²) < 4.78 is 3.33. The van der Waals surface area contributed by atoms with E-state index >= 15 is 0 Å². The molecular formula is C11H13BrN2S. The number of hydrogen-bond acceptors (Lipinski definition) is 2. The summed E-state index contributed by atoms with van der Waals surface area (Å²) in [5.41, 5.74) is 1.31. The number of hydrogen-bond donors (Lipinski definition) is 1. The van der Waals surface area contributed by atoms with Crippen LogP contribution in [-0.2, 0) is 20.1 Å². The van der Waals surface area contributed by atoms with Gasteiger partial charge in [0.05, 0.1) is 3.79 Å². The molecule has 80 valence electrons. The van der Waals surface area contributed by atoms with Gasteiger partial charge in [-0.05, 0) is 40.2 Å². The minimum Gasteiger partial charge on any atom is -0.353 e. The number of rotatable bonds is 4. The van der Waals surface area contributed by atoms with E-state index in [1.807, 2.05) is 0 Å². The molecule has 0 aliphatic heterocycles. The Kier molecular flexibility index (Phi) is 3.61. The summed E-state index contributed by atoms with van der Waals surface area (Å²) in [6, 6.07) is 8.44. The maximum absolute atomic E-state index is 3.46. The second-order valence-corrected chi connectivity index (χ2v) is 5.97. The monoisotopic (exact) mass is 284 g/mol. The summed E-state index contributed by atoms with van der Waals surface area (Å²) in [5.74, 6) is 0. The first-order chi connectivity index (χ1) is 7.25. The summed E-state index contributed by atoms with van der Waals surface area (Å²) in [4.78, 5) is 1.36. The third kappa shape index (κ3) is 2.93. The predicted octanol–water partition coefficient (Wildman–Crippen LogP) is 3.14. The van der Waals surface area contributed by atoms with E-state index in [-0.39, 0.29) is 0 Å². The maximum atomic E-state index is 3.46. The summed E-state index contributed by atoms with van der Waals surface area (Å²) in [6.45, 7) is 1.85. The molecular weight excluding hydrogens is 272 g/mol. The van der Waals surface area contributed by atoms with Gasteiger partial charge < -0.3 is 9.88 Å². The fourth-order valence-corrected chi connectivity index (χ4v) is 2.89. The molecule has 0 bridgehead atoms. The standard InChI is InChI=1S/C11H13BrN2S/c1-14-6-2-3-9(14)7-13-8-10-4-5-11(12)15-10/h2-6,13H,7-8H2,1H3. The normalized spacial score (nSPS) is 10.8. The Morgan fingerprint density at radius 1 is 1.33 bits per heavy atom. The van der Waals surface area contributed by atoms with Gasteiger partial charge in [0, 0.05) is 36.9 Å². The number of nitrogens with one attached hydrogen (secondary N) is 1. The predicted molar refractivity (Wildman–Crippen MR) is 68.0 cm³/mol. The van der Waals surface area contributed by atoms with Crippen LogP contribution in [0.3, 0.4) is 0 Å². The van der Waals surface area contributed by atoms with Gasteiger partial charge >= 0.3 is 0 Å². The summed E-state index contributed by atoms with van der Waals surface area (Å²) >= 11 is 5.24. The molecule has 0 amide bonds. The van der Waals surface area contributed by atoms with Crippen LogP contribution in [0.5, 0.6) is 0 Å². The lowest BCUT2D eigenvalue weighted by atomic mass is 10.4. The number of halogens is 1. The molecule has 0 atom stereocenters. The molecule has 0 fully saturated rings. The largest absolute Gasteiger partial charge is 0.353 e. The lowest BCUT2D eigenvalue weighted by Gasteiger charge is -2.04. The van der Waals surface area contributed by atoms with Gasteiger partial charge in [-0.3, -0.25) is 0 Å². The van der Waals surface area contributed by atoms with Gasteiger partial charge in [0.25, 0.3) is 0 Å². The Hall–Kier alpha value is -0.580. The molecule has 0 unspecified atom stereocenters. The number of aromatic nitrogens is 1. The SMILES string of the molecule is Cn1cccc1CNCc1ccc(Br)s1. The van der Waals surface area contributed by atoms with Gasteiger partial charge in [0.2, 0.25) is 0 Å². The molecule has 0 saturated carbocycles. The van der Waals surface area contributed by atoms with Crippen molar-refractivity contribution in [2.24, 2.45) is 7.05 Å². The minimum absolute atomic E-state index is 0.916. The van der Waals surface area contributed by atoms with Crippen LogP contribution in [-0.4, -0.2) is 4.57 Å². The highest BCUT2D eigenvalue weighted by atomic mass is 79.9. The maximum Gasteiger partial charge on any atom is 0.0701 e. The second kappa shape index (κ2) is 4.96. The Morgan fingerprint density at radius 2 is 2.20 bits per heavy atom. The number of aryl methyl sites for hydroxylation is 1. The first-order valence-electron chi connectivity index (χ1n) is 4.81. The molecule has 0 aromatic carbocycles. The molecule has 4 heteroatoms. The lowest BCUT2D eigenvalue weighted by molar-refractivity contribution is 0.660. The molecule has 2 rings (SSSR count). The van der Waals surface area contributed by atoms with E-state index in [1.165, 1.54) is 14.4 Å². The first kappa shape index (κ1) is 10.9. The van der Waals surface area contributed by atoms with Crippen LogP contribution < -0.4 is 5.32 Å². The van der Waals surface area contributed by atoms with Crippen molar-refractivity contribution in [3.8, 4) is 0 Å². The van der Waals surface area contributed by atoms with Crippen LogP contribution in [0, 0.1) is 0 Å². The molecule has 0 aliphatic rings. The van der Waals surface area contributed by atoms with E-state index in [4.69, 9.17) is 0 Å². The van der Waals surface area contributed by atoms with Crippen LogP contribution in [0.1, 0.15) is 10.6 Å². The quantitative estimate of drug-likeness (QED) is 0.913. The van der Waals surface area contributed by atoms with E-state index in [1.54, 1.807) is 11.3 Å². The molecule has 0 spiro atoms. The minimum atomic E-state index is 0.916. The van der Waals surface area contributed by atoms with Crippen molar-refractivity contribution in [1.29, 1.82) is 0 Å². The highest BCUT2D eigenvalue weighted by Crippen LogP contribution is 2.21. The van der Waals surface area contributed by atoms with E-state index in [0.717, 1.165) is 13.1 Å². The van der Waals surface area contributed by atoms with Crippen LogP contribution >= 0.6 is 27.3 Å². The summed E-state index contributed by atoms with van der Waals surface area (Å²) in [5, 5.41) is 3.43. The zero-order valence-corrected chi connectivity index (χ0v) is 10.9. The molecule has 0 radical (unpaired) electrons. The van der Waals surface area contributed by atoms with Crippen molar-refractivity contribution < 1.29 is 0 Å². The zero-order valence-electron chi connectivity index (χ0n) is 8.53. The second-order valence-electron chi connectivity index (χ2n) is 3.42. The van der Waals surface area contributed by atoms with Crippen molar-refractivity contribution in [3.63, 3.8) is 0 Å². The zero-order chi connectivity index (χ0) is 10.7. The molecule has 2 aromatic heterocycles. The van der Waals surface area contributed by atoms with Crippen LogP contribution in [0.2, 0.25) is 0 Å². The van der Waals surface area contributed by atoms with Gasteiger partial charge in [-0.2, -0.15) is 0 Å². The van der Waals surface area contributed by atoms with Crippen LogP contribution in [0.25, 0.3) is 0 Å². The van der Waals surface area contributed by atoms with Crippen LogP contribution in [0.15, 0.2) is 34.2 Å². The Balaban J connectivity index is 1.83. The fraction of sp³-hybridized carbons (Fsp3) is 0.273. The van der Waals surface area contributed by atoms with Gasteiger partial charge in [0.15, 0.2) is 0 Å². The fourth-order valence-electron chi connectivity index (χ4n) is 1.44. The van der Waals surface area contributed by atoms with E-state index in [2.05, 4.69) is 63.3 Å². The Morgan fingerprint density at radius 3 is 2.80 bits per heavy atom. The van der Waals surface area contributed by atoms with Crippen molar-refractivity contribution in [2.75, 3.05) is 0 Å². The summed E-state index contributed by atoms with van der Waals surface area (Å²) in [6.07, 6.45) is 2.07. The molecule has 2 aromatic rings. The first-order valence-corrected chi connectivity index (χ1v) is 6.42. The van der Waals surface area contributed by atoms with Crippen molar-refractivity contribution >= 4 is 27.3 Å². The van der Waals surface area contributed by atoms with Crippen LogP contribution in [0.4, 0.5) is 0 Å². The average Bonchev–Trinajstić information content (AvgIpc) is 2.77. The molecule has 15 heavy (non-hydrogen) atoms. The molecule has 0 aliphatic carbocycles. The molecule has 2 heterocycles. The Bertz CT molecular complexity index is 433. The van der Waals surface area contributed by atoms with E-state index < -0.39 is 0 Å². The molecule has 0 saturated heterocycles. The lowest BCUT2D eigenvalue weighted by Crippen LogP contribution is -2.13. The molecule has 2 nitrogen and oxygen atoms in total. The topological polar surface area (TPSA) is 17.0 Å².